The molecule has 3 amide bonds. The van der Waals surface area contributed by atoms with Gasteiger partial charge in [0.05, 0.1) is 23.8 Å². The van der Waals surface area contributed by atoms with Crippen molar-refractivity contribution in [2.75, 3.05) is 25.0 Å². The smallest absolute Gasteiger partial charge is 0.321 e. The first kappa shape index (κ1) is 28.2. The highest BCUT2D eigenvalue weighted by Crippen LogP contribution is 2.42. The summed E-state index contributed by atoms with van der Waals surface area (Å²) < 4.78 is 5.92. The third kappa shape index (κ3) is 5.32. The quantitative estimate of drug-likeness (QED) is 0.287. The van der Waals surface area contributed by atoms with Crippen LogP contribution in [0, 0.1) is 0 Å². The Balaban J connectivity index is 1.09. The molecule has 3 aliphatic heterocycles. The molecule has 0 saturated carbocycles. The van der Waals surface area contributed by atoms with Crippen molar-refractivity contribution in [1.82, 2.24) is 24.9 Å². The number of ether oxygens (including phenoxy) is 1. The van der Waals surface area contributed by atoms with Crippen LogP contribution in [0.3, 0.4) is 0 Å². The Hall–Kier alpha value is -4.63. The van der Waals surface area contributed by atoms with Gasteiger partial charge < -0.3 is 19.9 Å². The van der Waals surface area contributed by atoms with Crippen LogP contribution < -0.4 is 10.1 Å². The Morgan fingerprint density at radius 3 is 2.52 bits per heavy atom. The van der Waals surface area contributed by atoms with Gasteiger partial charge in [-0.2, -0.15) is 5.10 Å². The van der Waals surface area contributed by atoms with E-state index in [0.717, 1.165) is 43.7 Å². The average Bonchev–Trinajstić information content (AvgIpc) is 3.73. The van der Waals surface area contributed by atoms with Gasteiger partial charge >= 0.3 is 6.03 Å². The van der Waals surface area contributed by atoms with E-state index in [9.17, 15) is 9.59 Å². The molecular formula is C35H38N6O3. The lowest BCUT2D eigenvalue weighted by Gasteiger charge is -2.46. The summed E-state index contributed by atoms with van der Waals surface area (Å²) in [6.45, 7) is 7.19. The molecule has 9 nitrogen and oxygen atoms in total. The molecule has 4 aromatic rings. The number of carbonyl (C=O) groups excluding carboxylic acids is 2. The van der Waals surface area contributed by atoms with Crippen LogP contribution in [0.1, 0.15) is 53.9 Å². The highest BCUT2D eigenvalue weighted by atomic mass is 16.5. The van der Waals surface area contributed by atoms with E-state index in [1.165, 1.54) is 12.0 Å². The number of benzene rings is 3. The molecule has 3 aromatic carbocycles. The molecule has 2 saturated heterocycles. The van der Waals surface area contributed by atoms with Gasteiger partial charge in [0.2, 0.25) is 0 Å². The summed E-state index contributed by atoms with van der Waals surface area (Å²) in [5, 5.41) is 10.6. The number of fused-ring (bicyclic) bond motifs is 2. The number of piperazine rings is 1. The molecule has 3 aliphatic rings. The third-order valence-corrected chi connectivity index (χ3v) is 9.36. The summed E-state index contributed by atoms with van der Waals surface area (Å²) in [6.07, 6.45) is 3.13. The summed E-state index contributed by atoms with van der Waals surface area (Å²) in [5.74, 6) is 1.42. The molecule has 0 unspecified atom stereocenters. The SMILES string of the molecule is CC1(C)c2[nH]nc(NC(=O)c3cccc(Oc4ccccc4)c3)c2CN1C(=O)N1C[C@@H]2CCCN2C[C@@H]1Cc1ccccc1. The van der Waals surface area contributed by atoms with Crippen molar-refractivity contribution in [3.8, 4) is 11.5 Å². The van der Waals surface area contributed by atoms with E-state index in [2.05, 4.69) is 49.6 Å². The molecule has 7 rings (SSSR count). The van der Waals surface area contributed by atoms with Crippen molar-refractivity contribution in [3.05, 3.63) is 107 Å². The minimum absolute atomic E-state index is 0.0371. The first-order valence-electron chi connectivity index (χ1n) is 15.4. The van der Waals surface area contributed by atoms with Crippen molar-refractivity contribution in [2.45, 2.75) is 57.3 Å². The molecule has 226 valence electrons. The molecule has 0 radical (unpaired) electrons. The third-order valence-electron chi connectivity index (χ3n) is 9.36. The minimum Gasteiger partial charge on any atom is -0.457 e. The van der Waals surface area contributed by atoms with Crippen LogP contribution in [0.25, 0.3) is 0 Å². The van der Waals surface area contributed by atoms with Gasteiger partial charge in [-0.25, -0.2) is 4.79 Å². The van der Waals surface area contributed by atoms with E-state index in [1.54, 1.807) is 18.2 Å². The van der Waals surface area contributed by atoms with E-state index in [1.807, 2.05) is 61.2 Å². The lowest BCUT2D eigenvalue weighted by Crippen LogP contribution is -2.62. The maximum atomic E-state index is 14.4. The molecule has 0 spiro atoms. The fraction of sp³-hybridized carbons (Fsp3) is 0.343. The molecular weight excluding hydrogens is 552 g/mol. The standard InChI is InChI=1S/C35H38N6O3/c1-35(2)31-30(32(38-37-31)36-33(42)25-13-9-17-29(20-25)44-28-15-7-4-8-16-28)23-41(35)34(43)40-22-26-14-10-18-39(26)21-27(40)19-24-11-5-3-6-12-24/h3-9,11-13,15-17,20,26-27H,10,14,18-19,21-23H2,1-2H3,(H2,36,37,38,42)/t26-,27-/m0/s1. The average molecular weight is 591 g/mol. The van der Waals surface area contributed by atoms with Gasteiger partial charge in [0.1, 0.15) is 11.5 Å². The second-order valence-corrected chi connectivity index (χ2v) is 12.5. The van der Waals surface area contributed by atoms with Crippen LogP contribution in [0.2, 0.25) is 0 Å². The molecule has 1 aromatic heterocycles. The van der Waals surface area contributed by atoms with Gasteiger partial charge in [-0.3, -0.25) is 14.8 Å². The number of urea groups is 1. The van der Waals surface area contributed by atoms with Crippen molar-refractivity contribution in [1.29, 1.82) is 0 Å². The van der Waals surface area contributed by atoms with Gasteiger partial charge in [0, 0.05) is 30.3 Å². The maximum Gasteiger partial charge on any atom is 0.321 e. The highest BCUT2D eigenvalue weighted by molar-refractivity contribution is 6.04. The number of carbonyl (C=O) groups is 2. The zero-order valence-corrected chi connectivity index (χ0v) is 25.2. The molecule has 2 fully saturated rings. The Kier molecular flexibility index (Phi) is 7.34. The Labute approximate surface area is 257 Å². The van der Waals surface area contributed by atoms with Crippen LogP contribution in [0.15, 0.2) is 84.9 Å². The number of rotatable bonds is 6. The van der Waals surface area contributed by atoms with Crippen molar-refractivity contribution in [3.63, 3.8) is 0 Å². The number of nitrogens with zero attached hydrogens (tertiary/aromatic N) is 4. The molecule has 2 N–H and O–H groups in total. The van der Waals surface area contributed by atoms with E-state index >= 15 is 0 Å². The summed E-state index contributed by atoms with van der Waals surface area (Å²) in [6, 6.07) is 27.5. The number of hydrogen-bond acceptors (Lipinski definition) is 5. The number of anilines is 1. The summed E-state index contributed by atoms with van der Waals surface area (Å²) in [5.41, 5.74) is 2.77. The second-order valence-electron chi connectivity index (χ2n) is 12.5. The Morgan fingerprint density at radius 1 is 0.977 bits per heavy atom. The molecule has 0 bridgehead atoms. The number of hydrogen-bond donors (Lipinski definition) is 2. The summed E-state index contributed by atoms with van der Waals surface area (Å²) in [4.78, 5) is 34.4. The highest BCUT2D eigenvalue weighted by Gasteiger charge is 2.48. The van der Waals surface area contributed by atoms with Crippen LogP contribution in [0.5, 0.6) is 11.5 Å². The predicted molar refractivity (Wildman–Crippen MR) is 169 cm³/mol. The molecule has 4 heterocycles. The van der Waals surface area contributed by atoms with E-state index < -0.39 is 5.54 Å². The van der Waals surface area contributed by atoms with Crippen LogP contribution in [-0.4, -0.2) is 68.6 Å². The van der Waals surface area contributed by atoms with Crippen molar-refractivity contribution >= 4 is 17.8 Å². The number of para-hydroxylation sites is 1. The van der Waals surface area contributed by atoms with Crippen LogP contribution >= 0.6 is 0 Å². The zero-order valence-electron chi connectivity index (χ0n) is 25.2. The first-order valence-corrected chi connectivity index (χ1v) is 15.4. The Bertz CT molecular complexity index is 1650. The number of aromatic nitrogens is 2. The summed E-state index contributed by atoms with van der Waals surface area (Å²) in [7, 11) is 0. The molecule has 9 heteroatoms. The van der Waals surface area contributed by atoms with Gasteiger partial charge in [0.25, 0.3) is 5.91 Å². The predicted octanol–water partition coefficient (Wildman–Crippen LogP) is 6.02. The molecule has 44 heavy (non-hydrogen) atoms. The van der Waals surface area contributed by atoms with Gasteiger partial charge in [-0.05, 0) is 75.5 Å². The van der Waals surface area contributed by atoms with Gasteiger partial charge in [-0.1, -0.05) is 54.6 Å². The molecule has 2 atom stereocenters. The van der Waals surface area contributed by atoms with Crippen molar-refractivity contribution < 1.29 is 14.3 Å². The number of nitrogens with one attached hydrogen (secondary N) is 2. The zero-order chi connectivity index (χ0) is 30.3. The monoisotopic (exact) mass is 590 g/mol. The normalized spacial score (nSPS) is 20.7. The number of H-pyrrole nitrogens is 1. The van der Waals surface area contributed by atoms with Gasteiger partial charge in [-0.15, -0.1) is 0 Å². The molecule has 0 aliphatic carbocycles. The second kappa shape index (κ2) is 11.5. The van der Waals surface area contributed by atoms with Gasteiger partial charge in [0.15, 0.2) is 5.82 Å². The topological polar surface area (TPSA) is 93.8 Å². The largest absolute Gasteiger partial charge is 0.457 e. The number of aromatic amines is 1. The van der Waals surface area contributed by atoms with Crippen LogP contribution in [-0.2, 0) is 18.5 Å². The summed E-state index contributed by atoms with van der Waals surface area (Å²) >= 11 is 0. The lowest BCUT2D eigenvalue weighted by atomic mass is 9.99. The van der Waals surface area contributed by atoms with E-state index in [-0.39, 0.29) is 18.0 Å². The minimum atomic E-state index is -0.615. The van der Waals surface area contributed by atoms with E-state index in [0.29, 0.717) is 35.5 Å². The first-order chi connectivity index (χ1) is 21.4. The Morgan fingerprint density at radius 2 is 1.73 bits per heavy atom. The van der Waals surface area contributed by atoms with E-state index in [4.69, 9.17) is 4.74 Å². The number of amides is 3. The van der Waals surface area contributed by atoms with Crippen LogP contribution in [0.4, 0.5) is 10.6 Å². The fourth-order valence-electron chi connectivity index (χ4n) is 6.97. The fourth-order valence-corrected chi connectivity index (χ4v) is 6.97. The van der Waals surface area contributed by atoms with Crippen molar-refractivity contribution in [2.24, 2.45) is 0 Å². The lowest BCUT2D eigenvalue weighted by molar-refractivity contribution is 0.0400. The maximum absolute atomic E-state index is 14.4.